The van der Waals surface area contributed by atoms with Gasteiger partial charge in [0.1, 0.15) is 11.5 Å². The van der Waals surface area contributed by atoms with Crippen molar-refractivity contribution in [3.05, 3.63) is 77.3 Å². The van der Waals surface area contributed by atoms with Gasteiger partial charge in [-0.3, -0.25) is 9.52 Å². The van der Waals surface area contributed by atoms with Gasteiger partial charge in [-0.2, -0.15) is 0 Å². The first-order valence-corrected chi connectivity index (χ1v) is 11.7. The standard InChI is InChI=1S/C23H23ClN2O5S/c1-3-30-18-10-8-17(9-11-18)26-32(28,29)19-12-13-22(20(24)14-19)31-15-23(27)25-21-7-5-4-6-16(21)2/h4-14,26H,3,15H2,1-2H3,(H,25,27). The summed E-state index contributed by atoms with van der Waals surface area (Å²) in [6, 6.07) is 18.0. The van der Waals surface area contributed by atoms with Crippen molar-refractivity contribution in [2.45, 2.75) is 18.7 Å². The maximum atomic E-state index is 12.7. The minimum Gasteiger partial charge on any atom is -0.494 e. The van der Waals surface area contributed by atoms with Gasteiger partial charge in [0, 0.05) is 11.4 Å². The third-order valence-corrected chi connectivity index (χ3v) is 6.08. The van der Waals surface area contributed by atoms with Crippen LogP contribution in [-0.4, -0.2) is 27.5 Å². The molecule has 0 aliphatic heterocycles. The van der Waals surface area contributed by atoms with Gasteiger partial charge in [-0.1, -0.05) is 29.8 Å². The molecule has 2 N–H and O–H groups in total. The smallest absolute Gasteiger partial charge is 0.262 e. The van der Waals surface area contributed by atoms with Gasteiger partial charge < -0.3 is 14.8 Å². The molecule has 32 heavy (non-hydrogen) atoms. The summed E-state index contributed by atoms with van der Waals surface area (Å²) in [4.78, 5) is 12.1. The molecule has 0 aliphatic rings. The molecule has 0 aromatic heterocycles. The Labute approximate surface area is 192 Å². The number of carbonyl (C=O) groups is 1. The topological polar surface area (TPSA) is 93.7 Å². The first-order chi connectivity index (χ1) is 15.3. The van der Waals surface area contributed by atoms with Gasteiger partial charge in [-0.15, -0.1) is 0 Å². The fourth-order valence-corrected chi connectivity index (χ4v) is 4.19. The fraction of sp³-hybridized carbons (Fsp3) is 0.174. The Morgan fingerprint density at radius 2 is 1.72 bits per heavy atom. The number of amides is 1. The van der Waals surface area contributed by atoms with Crippen LogP contribution >= 0.6 is 11.6 Å². The molecule has 168 valence electrons. The molecule has 0 bridgehead atoms. The van der Waals surface area contributed by atoms with Crippen LogP contribution in [0.2, 0.25) is 5.02 Å². The van der Waals surface area contributed by atoms with Gasteiger partial charge in [0.2, 0.25) is 0 Å². The molecular weight excluding hydrogens is 452 g/mol. The van der Waals surface area contributed by atoms with Crippen LogP contribution in [0, 0.1) is 6.92 Å². The molecule has 0 saturated carbocycles. The first kappa shape index (κ1) is 23.4. The lowest BCUT2D eigenvalue weighted by atomic mass is 10.2. The molecule has 0 radical (unpaired) electrons. The van der Waals surface area contributed by atoms with Crippen LogP contribution in [0.1, 0.15) is 12.5 Å². The van der Waals surface area contributed by atoms with Crippen LogP contribution < -0.4 is 19.5 Å². The molecule has 0 heterocycles. The summed E-state index contributed by atoms with van der Waals surface area (Å²) in [5.74, 6) is 0.488. The molecule has 1 amide bonds. The lowest BCUT2D eigenvalue weighted by Crippen LogP contribution is -2.20. The average molecular weight is 475 g/mol. The summed E-state index contributed by atoms with van der Waals surface area (Å²) in [5, 5.41) is 2.83. The molecule has 0 fully saturated rings. The van der Waals surface area contributed by atoms with Crippen LogP contribution in [0.25, 0.3) is 0 Å². The molecule has 3 aromatic rings. The Bertz CT molecular complexity index is 1200. The van der Waals surface area contributed by atoms with E-state index in [0.29, 0.717) is 23.7 Å². The van der Waals surface area contributed by atoms with E-state index in [9.17, 15) is 13.2 Å². The number of carbonyl (C=O) groups excluding carboxylic acids is 1. The Hall–Kier alpha value is -3.23. The Morgan fingerprint density at radius 1 is 1.00 bits per heavy atom. The van der Waals surface area contributed by atoms with Crippen molar-refractivity contribution >= 4 is 38.9 Å². The number of hydrogen-bond acceptors (Lipinski definition) is 5. The third kappa shape index (κ3) is 6.15. The molecular formula is C23H23ClN2O5S. The second kappa shape index (κ2) is 10.4. The minimum atomic E-state index is -3.86. The Kier molecular flexibility index (Phi) is 7.61. The van der Waals surface area contributed by atoms with Gasteiger partial charge in [0.25, 0.3) is 15.9 Å². The SMILES string of the molecule is CCOc1ccc(NS(=O)(=O)c2ccc(OCC(=O)Nc3ccccc3C)c(Cl)c2)cc1. The van der Waals surface area contributed by atoms with E-state index in [1.54, 1.807) is 30.3 Å². The van der Waals surface area contributed by atoms with Crippen molar-refractivity contribution in [1.82, 2.24) is 0 Å². The summed E-state index contributed by atoms with van der Waals surface area (Å²) in [6.07, 6.45) is 0. The van der Waals surface area contributed by atoms with E-state index in [0.717, 1.165) is 5.56 Å². The molecule has 3 aromatic carbocycles. The second-order valence-corrected chi connectivity index (χ2v) is 8.90. The van der Waals surface area contributed by atoms with Gasteiger partial charge in [-0.05, 0) is 67.9 Å². The fourth-order valence-electron chi connectivity index (χ4n) is 2.81. The summed E-state index contributed by atoms with van der Waals surface area (Å²) >= 11 is 6.20. The highest BCUT2D eigenvalue weighted by molar-refractivity contribution is 7.92. The van der Waals surface area contributed by atoms with Crippen molar-refractivity contribution in [2.75, 3.05) is 23.3 Å². The number of ether oxygens (including phenoxy) is 2. The Morgan fingerprint density at radius 3 is 2.38 bits per heavy atom. The molecule has 9 heteroatoms. The number of para-hydroxylation sites is 1. The summed E-state index contributed by atoms with van der Waals surface area (Å²) in [7, 11) is -3.86. The Balaban J connectivity index is 1.63. The lowest BCUT2D eigenvalue weighted by Gasteiger charge is -2.12. The largest absolute Gasteiger partial charge is 0.494 e. The maximum Gasteiger partial charge on any atom is 0.262 e. The van der Waals surface area contributed by atoms with Gasteiger partial charge in [-0.25, -0.2) is 8.42 Å². The first-order valence-electron chi connectivity index (χ1n) is 9.82. The quantitative estimate of drug-likeness (QED) is 0.461. The van der Waals surface area contributed by atoms with Crippen molar-refractivity contribution in [3.63, 3.8) is 0 Å². The van der Waals surface area contributed by atoms with E-state index in [2.05, 4.69) is 10.0 Å². The molecule has 0 saturated heterocycles. The van der Waals surface area contributed by atoms with E-state index in [1.807, 2.05) is 32.0 Å². The van der Waals surface area contributed by atoms with E-state index in [-0.39, 0.29) is 28.2 Å². The predicted molar refractivity (Wildman–Crippen MR) is 125 cm³/mol. The number of anilines is 2. The number of hydrogen-bond donors (Lipinski definition) is 2. The number of benzene rings is 3. The van der Waals surface area contributed by atoms with Crippen LogP contribution in [0.15, 0.2) is 71.6 Å². The minimum absolute atomic E-state index is 0.0342. The van der Waals surface area contributed by atoms with Gasteiger partial charge >= 0.3 is 0 Å². The highest BCUT2D eigenvalue weighted by Gasteiger charge is 2.17. The third-order valence-electron chi connectivity index (χ3n) is 4.41. The zero-order chi connectivity index (χ0) is 23.1. The van der Waals surface area contributed by atoms with E-state index in [1.165, 1.54) is 18.2 Å². The summed E-state index contributed by atoms with van der Waals surface area (Å²) < 4.78 is 38.6. The normalized spacial score (nSPS) is 11.0. The highest BCUT2D eigenvalue weighted by atomic mass is 35.5. The number of nitrogens with one attached hydrogen (secondary N) is 2. The van der Waals surface area contributed by atoms with Crippen molar-refractivity contribution in [3.8, 4) is 11.5 Å². The highest BCUT2D eigenvalue weighted by Crippen LogP contribution is 2.28. The molecule has 0 aliphatic carbocycles. The monoisotopic (exact) mass is 474 g/mol. The van der Waals surface area contributed by atoms with Gasteiger partial charge in [0.15, 0.2) is 6.61 Å². The van der Waals surface area contributed by atoms with Crippen molar-refractivity contribution < 1.29 is 22.7 Å². The lowest BCUT2D eigenvalue weighted by molar-refractivity contribution is -0.118. The van der Waals surface area contributed by atoms with Crippen LogP contribution in [0.4, 0.5) is 11.4 Å². The number of aryl methyl sites for hydroxylation is 1. The van der Waals surface area contributed by atoms with Crippen LogP contribution in [0.5, 0.6) is 11.5 Å². The van der Waals surface area contributed by atoms with Crippen molar-refractivity contribution in [1.29, 1.82) is 0 Å². The van der Waals surface area contributed by atoms with Crippen LogP contribution in [0.3, 0.4) is 0 Å². The van der Waals surface area contributed by atoms with Crippen LogP contribution in [-0.2, 0) is 14.8 Å². The molecule has 0 unspecified atom stereocenters. The molecule has 0 atom stereocenters. The summed E-state index contributed by atoms with van der Waals surface area (Å²) in [5.41, 5.74) is 2.00. The van der Waals surface area contributed by atoms with Gasteiger partial charge in [0.05, 0.1) is 16.5 Å². The van der Waals surface area contributed by atoms with E-state index in [4.69, 9.17) is 21.1 Å². The predicted octanol–water partition coefficient (Wildman–Crippen LogP) is 4.87. The number of rotatable bonds is 9. The molecule has 7 nitrogen and oxygen atoms in total. The maximum absolute atomic E-state index is 12.7. The van der Waals surface area contributed by atoms with E-state index < -0.39 is 10.0 Å². The summed E-state index contributed by atoms with van der Waals surface area (Å²) in [6.45, 7) is 3.99. The molecule has 3 rings (SSSR count). The zero-order valence-electron chi connectivity index (χ0n) is 17.6. The molecule has 0 spiro atoms. The number of sulfonamides is 1. The average Bonchev–Trinajstić information content (AvgIpc) is 2.76. The van der Waals surface area contributed by atoms with E-state index >= 15 is 0 Å². The second-order valence-electron chi connectivity index (χ2n) is 6.81. The zero-order valence-corrected chi connectivity index (χ0v) is 19.2. The number of halogens is 1. The van der Waals surface area contributed by atoms with Crippen molar-refractivity contribution in [2.24, 2.45) is 0 Å².